The lowest BCUT2D eigenvalue weighted by Gasteiger charge is -2.33. The Kier molecular flexibility index (Phi) is 4.93. The van der Waals surface area contributed by atoms with Gasteiger partial charge in [-0.25, -0.2) is 9.78 Å². The Hall–Kier alpha value is -1.92. The van der Waals surface area contributed by atoms with Gasteiger partial charge >= 0.3 is 6.03 Å². The van der Waals surface area contributed by atoms with Crippen LogP contribution in [0.4, 0.5) is 10.5 Å². The molecule has 2 heterocycles. The molecule has 1 aliphatic heterocycles. The zero-order valence-electron chi connectivity index (χ0n) is 13.1. The Balaban J connectivity index is 1.56. The van der Waals surface area contributed by atoms with Crippen LogP contribution >= 0.6 is 11.3 Å². The maximum Gasteiger partial charge on any atom is 0.321 e. The number of urea groups is 1. The largest absolute Gasteiger partial charge is 0.393 e. The van der Waals surface area contributed by atoms with E-state index in [1.807, 2.05) is 41.5 Å². The third-order valence-corrected chi connectivity index (χ3v) is 5.15. The highest BCUT2D eigenvalue weighted by atomic mass is 32.1. The van der Waals surface area contributed by atoms with Gasteiger partial charge in [0.15, 0.2) is 0 Å². The maximum absolute atomic E-state index is 12.3. The van der Waals surface area contributed by atoms with Crippen molar-refractivity contribution in [2.45, 2.75) is 25.9 Å². The Labute approximate surface area is 140 Å². The minimum absolute atomic E-state index is 0.0731. The summed E-state index contributed by atoms with van der Waals surface area (Å²) < 4.78 is 0. The molecular weight excluding hydrogens is 310 g/mol. The molecule has 1 saturated heterocycles. The third-order valence-electron chi connectivity index (χ3n) is 4.32. The van der Waals surface area contributed by atoms with E-state index in [1.165, 1.54) is 0 Å². The van der Waals surface area contributed by atoms with Gasteiger partial charge in [0, 0.05) is 35.9 Å². The number of thiazole rings is 1. The van der Waals surface area contributed by atoms with Crippen LogP contribution in [0, 0.1) is 5.92 Å². The molecule has 0 bridgehead atoms. The molecule has 1 aromatic carbocycles. The van der Waals surface area contributed by atoms with Crippen LogP contribution in [-0.2, 0) is 0 Å². The van der Waals surface area contributed by atoms with Crippen LogP contribution in [0.2, 0.25) is 0 Å². The number of hydrogen-bond acceptors (Lipinski definition) is 4. The summed E-state index contributed by atoms with van der Waals surface area (Å²) >= 11 is 1.59. The normalized spacial score (nSPS) is 17.0. The fraction of sp³-hybridized carbons (Fsp3) is 0.412. The Bertz CT molecular complexity index is 632. The fourth-order valence-electron chi connectivity index (χ4n) is 2.85. The first-order chi connectivity index (χ1) is 11.1. The van der Waals surface area contributed by atoms with Crippen LogP contribution in [0.5, 0.6) is 0 Å². The van der Waals surface area contributed by atoms with Crippen LogP contribution in [0.25, 0.3) is 10.6 Å². The lowest BCUT2D eigenvalue weighted by atomic mass is 9.92. The average molecular weight is 331 g/mol. The van der Waals surface area contributed by atoms with Gasteiger partial charge in [0.2, 0.25) is 0 Å². The van der Waals surface area contributed by atoms with E-state index in [1.54, 1.807) is 17.5 Å². The first-order valence-electron chi connectivity index (χ1n) is 7.87. The van der Waals surface area contributed by atoms with Gasteiger partial charge in [0.05, 0.1) is 6.10 Å². The van der Waals surface area contributed by atoms with Crippen LogP contribution < -0.4 is 5.32 Å². The topological polar surface area (TPSA) is 65.5 Å². The number of carbonyl (C=O) groups excluding carboxylic acids is 1. The van der Waals surface area contributed by atoms with Crippen molar-refractivity contribution in [1.29, 1.82) is 0 Å². The number of aromatic nitrogens is 1. The van der Waals surface area contributed by atoms with E-state index < -0.39 is 0 Å². The van der Waals surface area contributed by atoms with Crippen molar-refractivity contribution in [2.75, 3.05) is 18.4 Å². The molecule has 5 nitrogen and oxygen atoms in total. The Morgan fingerprint density at radius 3 is 2.61 bits per heavy atom. The SMILES string of the molecule is CC(O)C1CCN(C(=O)Nc2ccc(-c3nccs3)cc2)CC1. The molecular formula is C17H21N3O2S. The molecule has 122 valence electrons. The number of aliphatic hydroxyl groups excluding tert-OH is 1. The number of anilines is 1. The first kappa shape index (κ1) is 16.0. The monoisotopic (exact) mass is 331 g/mol. The molecule has 0 saturated carbocycles. The summed E-state index contributed by atoms with van der Waals surface area (Å²) in [6, 6.07) is 7.66. The molecule has 3 rings (SSSR count). The van der Waals surface area contributed by atoms with Crippen LogP contribution in [0.15, 0.2) is 35.8 Å². The van der Waals surface area contributed by atoms with Crippen molar-refractivity contribution >= 4 is 23.1 Å². The summed E-state index contributed by atoms with van der Waals surface area (Å²) in [5, 5.41) is 15.5. The molecule has 1 aliphatic rings. The minimum Gasteiger partial charge on any atom is -0.393 e. The second kappa shape index (κ2) is 7.10. The molecule has 2 aromatic rings. The number of piperidine rings is 1. The van der Waals surface area contributed by atoms with Gasteiger partial charge in [-0.1, -0.05) is 0 Å². The molecule has 1 aromatic heterocycles. The Morgan fingerprint density at radius 1 is 1.35 bits per heavy atom. The maximum atomic E-state index is 12.3. The minimum atomic E-state index is -0.293. The molecule has 0 spiro atoms. The Morgan fingerprint density at radius 2 is 2.04 bits per heavy atom. The van der Waals surface area contributed by atoms with Gasteiger partial charge in [0.1, 0.15) is 5.01 Å². The molecule has 0 aliphatic carbocycles. The van der Waals surface area contributed by atoms with E-state index in [9.17, 15) is 9.90 Å². The summed E-state index contributed by atoms with van der Waals surface area (Å²) in [7, 11) is 0. The van der Waals surface area contributed by atoms with E-state index in [-0.39, 0.29) is 12.1 Å². The van der Waals surface area contributed by atoms with Crippen molar-refractivity contribution < 1.29 is 9.90 Å². The van der Waals surface area contributed by atoms with Crippen molar-refractivity contribution in [1.82, 2.24) is 9.88 Å². The number of hydrogen-bond donors (Lipinski definition) is 2. The number of benzene rings is 1. The predicted octanol–water partition coefficient (Wildman–Crippen LogP) is 3.43. The summed E-state index contributed by atoms with van der Waals surface area (Å²) in [5.41, 5.74) is 1.84. The van der Waals surface area contributed by atoms with Crippen LogP contribution in [-0.4, -0.2) is 40.2 Å². The van der Waals surface area contributed by atoms with Gasteiger partial charge in [0.25, 0.3) is 0 Å². The number of carbonyl (C=O) groups is 1. The highest BCUT2D eigenvalue weighted by molar-refractivity contribution is 7.13. The van der Waals surface area contributed by atoms with Crippen molar-refractivity contribution in [3.63, 3.8) is 0 Å². The van der Waals surface area contributed by atoms with Gasteiger partial charge in [-0.15, -0.1) is 11.3 Å². The quantitative estimate of drug-likeness (QED) is 0.905. The van der Waals surface area contributed by atoms with Gasteiger partial charge in [-0.3, -0.25) is 0 Å². The first-order valence-corrected chi connectivity index (χ1v) is 8.75. The molecule has 1 atom stereocenters. The summed E-state index contributed by atoms with van der Waals surface area (Å²) in [6.07, 6.45) is 3.20. The van der Waals surface area contributed by atoms with E-state index >= 15 is 0 Å². The molecule has 2 amide bonds. The smallest absolute Gasteiger partial charge is 0.321 e. The highest BCUT2D eigenvalue weighted by Crippen LogP contribution is 2.24. The van der Waals surface area contributed by atoms with Crippen LogP contribution in [0.1, 0.15) is 19.8 Å². The number of aliphatic hydroxyl groups is 1. The van der Waals surface area contributed by atoms with Gasteiger partial charge < -0.3 is 15.3 Å². The predicted molar refractivity (Wildman–Crippen MR) is 92.5 cm³/mol. The number of nitrogens with one attached hydrogen (secondary N) is 1. The summed E-state index contributed by atoms with van der Waals surface area (Å²) in [6.45, 7) is 3.21. The van der Waals surface area contributed by atoms with E-state index in [0.717, 1.165) is 29.1 Å². The summed E-state index contributed by atoms with van der Waals surface area (Å²) in [5.74, 6) is 0.302. The third kappa shape index (κ3) is 3.89. The van der Waals surface area contributed by atoms with Gasteiger partial charge in [-0.2, -0.15) is 0 Å². The lowest BCUT2D eigenvalue weighted by Crippen LogP contribution is -2.42. The number of nitrogens with zero attached hydrogens (tertiary/aromatic N) is 2. The zero-order valence-corrected chi connectivity index (χ0v) is 13.9. The van der Waals surface area contributed by atoms with Crippen molar-refractivity contribution in [2.24, 2.45) is 5.92 Å². The van der Waals surface area contributed by atoms with E-state index in [2.05, 4.69) is 10.3 Å². The summed E-state index contributed by atoms with van der Waals surface area (Å²) in [4.78, 5) is 18.4. The molecule has 23 heavy (non-hydrogen) atoms. The van der Waals surface area contributed by atoms with Gasteiger partial charge in [-0.05, 0) is 49.9 Å². The second-order valence-electron chi connectivity index (χ2n) is 5.91. The van der Waals surface area contributed by atoms with Crippen molar-refractivity contribution in [3.8, 4) is 10.6 Å². The fourth-order valence-corrected chi connectivity index (χ4v) is 3.49. The standard InChI is InChI=1S/C17H21N3O2S/c1-12(21)13-6-9-20(10-7-13)17(22)19-15-4-2-14(3-5-15)16-18-8-11-23-16/h2-5,8,11-13,21H,6-7,9-10H2,1H3,(H,19,22). The molecule has 0 radical (unpaired) electrons. The molecule has 6 heteroatoms. The zero-order chi connectivity index (χ0) is 16.2. The highest BCUT2D eigenvalue weighted by Gasteiger charge is 2.25. The molecule has 1 unspecified atom stereocenters. The number of amides is 2. The van der Waals surface area contributed by atoms with E-state index in [0.29, 0.717) is 19.0 Å². The molecule has 2 N–H and O–H groups in total. The second-order valence-corrected chi connectivity index (χ2v) is 6.80. The van der Waals surface area contributed by atoms with E-state index in [4.69, 9.17) is 0 Å². The lowest BCUT2D eigenvalue weighted by molar-refractivity contribution is 0.0820. The molecule has 1 fully saturated rings. The number of rotatable bonds is 3. The van der Waals surface area contributed by atoms with Crippen molar-refractivity contribution in [3.05, 3.63) is 35.8 Å². The average Bonchev–Trinajstić information content (AvgIpc) is 3.10. The number of likely N-dealkylation sites (tertiary alicyclic amines) is 1. The van der Waals surface area contributed by atoms with Crippen LogP contribution in [0.3, 0.4) is 0 Å².